The van der Waals surface area contributed by atoms with E-state index >= 15 is 0 Å². The highest BCUT2D eigenvalue weighted by Gasteiger charge is 2.45. The third kappa shape index (κ3) is 3.68. The van der Waals surface area contributed by atoms with Gasteiger partial charge < -0.3 is 20.6 Å². The number of carbonyl (C=O) groups is 2. The van der Waals surface area contributed by atoms with Gasteiger partial charge in [0.1, 0.15) is 17.8 Å². The number of carbonyl (C=O) groups excluding carboxylic acids is 2. The molecule has 1 amide bonds. The van der Waals surface area contributed by atoms with Crippen molar-refractivity contribution in [2.45, 2.75) is 50.6 Å². The number of nitrogens with zero attached hydrogens (tertiary/aromatic N) is 8. The number of aromatic nitrogens is 9. The third-order valence-electron chi connectivity index (χ3n) is 7.85. The number of fused-ring (bicyclic) bond motifs is 3. The van der Waals surface area contributed by atoms with Crippen LogP contribution in [0.15, 0.2) is 43.2 Å². The second-order valence-corrected chi connectivity index (χ2v) is 10.1. The Kier molecular flexibility index (Phi) is 5.25. The Labute approximate surface area is 221 Å². The summed E-state index contributed by atoms with van der Waals surface area (Å²) in [5.74, 6) is 0.854. The van der Waals surface area contributed by atoms with Gasteiger partial charge in [0.05, 0.1) is 17.5 Å². The van der Waals surface area contributed by atoms with Gasteiger partial charge in [-0.25, -0.2) is 9.97 Å². The van der Waals surface area contributed by atoms with Crippen molar-refractivity contribution in [2.75, 3.05) is 5.73 Å². The summed E-state index contributed by atoms with van der Waals surface area (Å²) in [6, 6.07) is 3.86. The van der Waals surface area contributed by atoms with Crippen molar-refractivity contribution in [1.29, 1.82) is 0 Å². The number of nitrogens with one attached hydrogen (secondary N) is 2. The van der Waals surface area contributed by atoms with E-state index < -0.39 is 0 Å². The quantitative estimate of drug-likeness (QED) is 0.292. The van der Waals surface area contributed by atoms with E-state index in [1.807, 2.05) is 17.0 Å². The highest BCUT2D eigenvalue weighted by atomic mass is 16.2. The van der Waals surface area contributed by atoms with Crippen molar-refractivity contribution in [3.05, 3.63) is 60.3 Å². The summed E-state index contributed by atoms with van der Waals surface area (Å²) in [5, 5.41) is 12.1. The molecule has 2 bridgehead atoms. The number of hydrogen-bond acceptors (Lipinski definition) is 9. The molecule has 5 aromatic rings. The molecule has 13 nitrogen and oxygen atoms in total. The van der Waals surface area contributed by atoms with Gasteiger partial charge in [0, 0.05) is 47.7 Å². The Morgan fingerprint density at radius 3 is 2.54 bits per heavy atom. The van der Waals surface area contributed by atoms with Gasteiger partial charge in [-0.2, -0.15) is 9.61 Å². The lowest BCUT2D eigenvalue weighted by atomic mass is 9.85. The van der Waals surface area contributed by atoms with E-state index in [1.165, 1.54) is 17.8 Å². The van der Waals surface area contributed by atoms with Gasteiger partial charge in [-0.1, -0.05) is 6.07 Å². The Morgan fingerprint density at radius 1 is 1.08 bits per heavy atom. The molecule has 7 heterocycles. The molecule has 196 valence electrons. The number of nitrogen functional groups attached to an aromatic ring is 1. The van der Waals surface area contributed by atoms with Crippen LogP contribution in [0.2, 0.25) is 0 Å². The largest absolute Gasteiger partial charge is 0.383 e. The van der Waals surface area contributed by atoms with Crippen LogP contribution in [0.1, 0.15) is 65.2 Å². The minimum atomic E-state index is -0.161. The number of piperidine rings is 1. The maximum Gasteiger partial charge on any atom is 0.292 e. The number of aromatic amines is 2. The summed E-state index contributed by atoms with van der Waals surface area (Å²) in [7, 11) is 0. The summed E-state index contributed by atoms with van der Waals surface area (Å²) in [6.07, 6.45) is 11.4. The normalized spacial score (nSPS) is 20.5. The van der Waals surface area contributed by atoms with Crippen LogP contribution in [-0.2, 0) is 0 Å². The van der Waals surface area contributed by atoms with Gasteiger partial charge in [-0.05, 0) is 38.7 Å². The Balaban J connectivity index is 1.27. The molecule has 0 saturated carbocycles. The SMILES string of the molecule is CC(=O)c1c([C@@H]2C[C@H]3CC[C@@H](C2)N3C(=O)c2nnc[nH]2)nc2c(-c3ccc(-c4ncc[nH]4)nc3)cnn2c1N. The third-order valence-corrected chi connectivity index (χ3v) is 7.85. The van der Waals surface area contributed by atoms with E-state index in [0.29, 0.717) is 35.6 Å². The fourth-order valence-corrected chi connectivity index (χ4v) is 6.16. The van der Waals surface area contributed by atoms with Crippen molar-refractivity contribution >= 4 is 23.2 Å². The number of ketones is 1. The number of nitrogens with two attached hydrogens (primary N) is 1. The van der Waals surface area contributed by atoms with Gasteiger partial charge in [-0.3, -0.25) is 14.6 Å². The Bertz CT molecular complexity index is 1680. The number of hydrogen-bond donors (Lipinski definition) is 3. The van der Waals surface area contributed by atoms with Gasteiger partial charge in [0.25, 0.3) is 5.91 Å². The molecule has 0 aliphatic carbocycles. The number of anilines is 1. The van der Waals surface area contributed by atoms with Gasteiger partial charge in [0.2, 0.25) is 5.82 Å². The molecule has 3 atom stereocenters. The molecule has 7 rings (SSSR count). The Morgan fingerprint density at radius 2 is 1.90 bits per heavy atom. The molecule has 2 fully saturated rings. The number of amides is 1. The molecule has 0 radical (unpaired) electrons. The van der Waals surface area contributed by atoms with E-state index in [0.717, 1.165) is 29.7 Å². The lowest BCUT2D eigenvalue weighted by Gasteiger charge is -2.38. The fourth-order valence-electron chi connectivity index (χ4n) is 6.16. The first-order chi connectivity index (χ1) is 19.0. The van der Waals surface area contributed by atoms with Crippen molar-refractivity contribution in [3.8, 4) is 22.6 Å². The predicted octanol–water partition coefficient (Wildman–Crippen LogP) is 2.64. The fraction of sp³-hybridized carbons (Fsp3) is 0.308. The molecule has 0 unspecified atom stereocenters. The van der Waals surface area contributed by atoms with Crippen molar-refractivity contribution < 1.29 is 9.59 Å². The van der Waals surface area contributed by atoms with Crippen LogP contribution < -0.4 is 5.73 Å². The summed E-state index contributed by atoms with van der Waals surface area (Å²) in [4.78, 5) is 47.6. The van der Waals surface area contributed by atoms with Crippen molar-refractivity contribution in [1.82, 2.24) is 49.6 Å². The number of rotatable bonds is 5. The average Bonchev–Trinajstić information content (AvgIpc) is 3.75. The summed E-state index contributed by atoms with van der Waals surface area (Å²) < 4.78 is 1.52. The van der Waals surface area contributed by atoms with Gasteiger partial charge in [0.15, 0.2) is 17.3 Å². The second kappa shape index (κ2) is 8.82. The minimum Gasteiger partial charge on any atom is -0.383 e. The maximum absolute atomic E-state index is 13.1. The lowest BCUT2D eigenvalue weighted by molar-refractivity contribution is 0.0556. The van der Waals surface area contributed by atoms with Crippen LogP contribution in [-0.4, -0.2) is 73.4 Å². The molecule has 13 heteroatoms. The van der Waals surface area contributed by atoms with E-state index in [9.17, 15) is 9.59 Å². The molecule has 2 aliphatic heterocycles. The zero-order valence-electron chi connectivity index (χ0n) is 21.1. The van der Waals surface area contributed by atoms with Crippen LogP contribution >= 0.6 is 0 Å². The first-order valence-electron chi connectivity index (χ1n) is 12.8. The number of imidazole rings is 1. The monoisotopic (exact) mass is 523 g/mol. The smallest absolute Gasteiger partial charge is 0.292 e. The molecule has 0 aromatic carbocycles. The molecule has 2 aliphatic rings. The Hall–Kier alpha value is -4.94. The van der Waals surface area contributed by atoms with Crippen molar-refractivity contribution in [3.63, 3.8) is 0 Å². The highest BCUT2D eigenvalue weighted by molar-refractivity contribution is 6.00. The lowest BCUT2D eigenvalue weighted by Crippen LogP contribution is -2.46. The first kappa shape index (κ1) is 23.2. The number of H-pyrrole nitrogens is 2. The van der Waals surface area contributed by atoms with Crippen LogP contribution in [0.5, 0.6) is 0 Å². The summed E-state index contributed by atoms with van der Waals surface area (Å²) in [6.45, 7) is 1.50. The predicted molar refractivity (Wildman–Crippen MR) is 140 cm³/mol. The first-order valence-corrected chi connectivity index (χ1v) is 12.8. The summed E-state index contributed by atoms with van der Waals surface area (Å²) in [5.41, 5.74) is 10.5. The highest BCUT2D eigenvalue weighted by Crippen LogP contribution is 2.45. The van der Waals surface area contributed by atoms with Crippen LogP contribution in [0.4, 0.5) is 5.82 Å². The number of Topliss-reactive ketones (excluding diaryl/α,β-unsaturated/α-hetero) is 1. The minimum absolute atomic E-state index is 0.0214. The van der Waals surface area contributed by atoms with E-state index in [2.05, 4.69) is 35.2 Å². The number of pyridine rings is 1. The second-order valence-electron chi connectivity index (χ2n) is 10.1. The van der Waals surface area contributed by atoms with Crippen LogP contribution in [0, 0.1) is 0 Å². The van der Waals surface area contributed by atoms with E-state index in [4.69, 9.17) is 10.7 Å². The van der Waals surface area contributed by atoms with E-state index in [1.54, 1.807) is 24.8 Å². The standard InChI is InChI=1S/C26H25N11O2/c1-13(38)20-21(15-8-16-3-4-17(9-15)36(16)26(39)24-31-12-32-35-24)34-25-18(11-33-37(25)22(20)27)14-2-5-19(30-10-14)23-28-6-7-29-23/h2,5-7,10-12,15-17H,3-4,8-9,27H2,1H3,(H,28,29)(H,31,32,35)/t15-,16-,17+. The molecular formula is C26H25N11O2. The molecular weight excluding hydrogens is 498 g/mol. The van der Waals surface area contributed by atoms with Crippen molar-refractivity contribution in [2.24, 2.45) is 0 Å². The molecule has 2 saturated heterocycles. The zero-order valence-corrected chi connectivity index (χ0v) is 21.1. The average molecular weight is 524 g/mol. The topological polar surface area (TPSA) is 177 Å². The van der Waals surface area contributed by atoms with Gasteiger partial charge in [-0.15, -0.1) is 10.2 Å². The zero-order chi connectivity index (χ0) is 26.7. The van der Waals surface area contributed by atoms with Crippen LogP contribution in [0.3, 0.4) is 0 Å². The molecule has 0 spiro atoms. The maximum atomic E-state index is 13.1. The van der Waals surface area contributed by atoms with Gasteiger partial charge >= 0.3 is 0 Å². The van der Waals surface area contributed by atoms with E-state index in [-0.39, 0.29) is 41.3 Å². The molecule has 39 heavy (non-hydrogen) atoms. The van der Waals surface area contributed by atoms with Crippen LogP contribution in [0.25, 0.3) is 28.3 Å². The molecule has 5 aromatic heterocycles. The molecule has 4 N–H and O–H groups in total. The summed E-state index contributed by atoms with van der Waals surface area (Å²) >= 11 is 0.